The van der Waals surface area contributed by atoms with Gasteiger partial charge in [0.25, 0.3) is 11.8 Å². The summed E-state index contributed by atoms with van der Waals surface area (Å²) in [5.74, 6) is -1.69. The van der Waals surface area contributed by atoms with Gasteiger partial charge in [-0.25, -0.2) is 4.39 Å². The minimum absolute atomic E-state index is 0.0449. The SMILES string of the molecule is O=C(CCN1C(=O)c2ccc(Cl)cc2C1=O)NCc1ccccc1F. The molecular formula is C18H14ClFN2O3. The zero-order chi connectivity index (χ0) is 18.0. The molecule has 0 aromatic heterocycles. The Morgan fingerprint density at radius 1 is 1.08 bits per heavy atom. The number of imide groups is 1. The Labute approximate surface area is 148 Å². The number of hydrogen-bond acceptors (Lipinski definition) is 3. The van der Waals surface area contributed by atoms with Crippen molar-refractivity contribution >= 4 is 29.3 Å². The number of rotatable bonds is 5. The second kappa shape index (κ2) is 7.03. The van der Waals surface area contributed by atoms with E-state index in [4.69, 9.17) is 11.6 Å². The standard InChI is InChI=1S/C18H14ClFN2O3/c19-12-5-6-13-14(9-12)18(25)22(17(13)24)8-7-16(23)21-10-11-3-1-2-4-15(11)20/h1-6,9H,7-8,10H2,(H,21,23). The minimum atomic E-state index is -0.468. The molecule has 128 valence electrons. The largest absolute Gasteiger partial charge is 0.352 e. The van der Waals surface area contributed by atoms with Crippen molar-refractivity contribution in [2.75, 3.05) is 6.54 Å². The summed E-state index contributed by atoms with van der Waals surface area (Å²) in [7, 11) is 0. The fraction of sp³-hybridized carbons (Fsp3) is 0.167. The zero-order valence-corrected chi connectivity index (χ0v) is 13.8. The molecule has 1 N–H and O–H groups in total. The van der Waals surface area contributed by atoms with Crippen LogP contribution >= 0.6 is 11.6 Å². The van der Waals surface area contributed by atoms with Crippen molar-refractivity contribution in [3.05, 3.63) is 70.0 Å². The number of fused-ring (bicyclic) bond motifs is 1. The second-order valence-electron chi connectivity index (χ2n) is 5.57. The second-order valence-corrected chi connectivity index (χ2v) is 6.01. The molecule has 25 heavy (non-hydrogen) atoms. The van der Waals surface area contributed by atoms with Crippen molar-refractivity contribution in [2.45, 2.75) is 13.0 Å². The van der Waals surface area contributed by atoms with E-state index in [0.717, 1.165) is 4.90 Å². The fourth-order valence-electron chi connectivity index (χ4n) is 2.60. The Hall–Kier alpha value is -2.73. The number of amides is 3. The first-order chi connectivity index (χ1) is 12.0. The zero-order valence-electron chi connectivity index (χ0n) is 13.1. The lowest BCUT2D eigenvalue weighted by molar-refractivity contribution is -0.121. The molecule has 7 heteroatoms. The highest BCUT2D eigenvalue weighted by Gasteiger charge is 2.35. The van der Waals surface area contributed by atoms with E-state index in [9.17, 15) is 18.8 Å². The predicted molar refractivity (Wildman–Crippen MR) is 89.7 cm³/mol. The molecule has 5 nitrogen and oxygen atoms in total. The van der Waals surface area contributed by atoms with Crippen LogP contribution in [0.25, 0.3) is 0 Å². The van der Waals surface area contributed by atoms with E-state index < -0.39 is 17.6 Å². The Morgan fingerprint density at radius 2 is 1.80 bits per heavy atom. The van der Waals surface area contributed by atoms with Crippen LogP contribution in [0.5, 0.6) is 0 Å². The van der Waals surface area contributed by atoms with Gasteiger partial charge in [-0.3, -0.25) is 19.3 Å². The lowest BCUT2D eigenvalue weighted by Crippen LogP contribution is -2.34. The number of carbonyl (C=O) groups excluding carboxylic acids is 3. The third-order valence-corrected chi connectivity index (χ3v) is 4.16. The van der Waals surface area contributed by atoms with E-state index in [-0.39, 0.29) is 36.5 Å². The van der Waals surface area contributed by atoms with Crippen LogP contribution in [-0.4, -0.2) is 29.2 Å². The van der Waals surface area contributed by atoms with Crippen molar-refractivity contribution < 1.29 is 18.8 Å². The molecule has 3 amide bonds. The Morgan fingerprint density at radius 3 is 2.56 bits per heavy atom. The molecule has 1 heterocycles. The van der Waals surface area contributed by atoms with Gasteiger partial charge in [0.2, 0.25) is 5.91 Å². The van der Waals surface area contributed by atoms with Gasteiger partial charge in [0, 0.05) is 30.1 Å². The van der Waals surface area contributed by atoms with Crippen LogP contribution in [0.3, 0.4) is 0 Å². The van der Waals surface area contributed by atoms with Crippen molar-refractivity contribution in [1.82, 2.24) is 10.2 Å². The molecule has 0 saturated carbocycles. The van der Waals surface area contributed by atoms with Gasteiger partial charge in [-0.1, -0.05) is 29.8 Å². The number of nitrogens with one attached hydrogen (secondary N) is 1. The molecule has 3 rings (SSSR count). The molecule has 2 aromatic rings. The molecule has 1 aliphatic rings. The van der Waals surface area contributed by atoms with Crippen LogP contribution in [0.1, 0.15) is 32.7 Å². The highest BCUT2D eigenvalue weighted by atomic mass is 35.5. The molecule has 0 bridgehead atoms. The smallest absolute Gasteiger partial charge is 0.261 e. The number of halogens is 2. The predicted octanol–water partition coefficient (Wildman–Crippen LogP) is 2.78. The third kappa shape index (κ3) is 3.53. The lowest BCUT2D eigenvalue weighted by atomic mass is 10.1. The quantitative estimate of drug-likeness (QED) is 0.834. The van der Waals surface area contributed by atoms with Gasteiger partial charge in [-0.05, 0) is 24.3 Å². The van der Waals surface area contributed by atoms with Crippen LogP contribution in [0, 0.1) is 5.82 Å². The number of nitrogens with zero attached hydrogens (tertiary/aromatic N) is 1. The molecule has 0 spiro atoms. The van der Waals surface area contributed by atoms with E-state index in [2.05, 4.69) is 5.32 Å². The molecule has 1 aliphatic heterocycles. The summed E-state index contributed by atoms with van der Waals surface area (Å²) in [6.07, 6.45) is -0.0619. The highest BCUT2D eigenvalue weighted by molar-refractivity contribution is 6.32. The first-order valence-electron chi connectivity index (χ1n) is 7.63. The minimum Gasteiger partial charge on any atom is -0.352 e. The van der Waals surface area contributed by atoms with Gasteiger partial charge in [0.1, 0.15) is 5.82 Å². The summed E-state index contributed by atoms with van der Waals surface area (Å²) in [6, 6.07) is 10.6. The Bertz CT molecular complexity index is 869. The first kappa shape index (κ1) is 17.1. The fourth-order valence-corrected chi connectivity index (χ4v) is 2.78. The summed E-state index contributed by atoms with van der Waals surface area (Å²) >= 11 is 5.85. The van der Waals surface area contributed by atoms with E-state index in [0.29, 0.717) is 10.6 Å². The van der Waals surface area contributed by atoms with Crippen LogP contribution in [0.15, 0.2) is 42.5 Å². The summed E-state index contributed by atoms with van der Waals surface area (Å²) in [4.78, 5) is 37.4. The van der Waals surface area contributed by atoms with Gasteiger partial charge < -0.3 is 5.32 Å². The third-order valence-electron chi connectivity index (χ3n) is 3.93. The average Bonchev–Trinajstić information content (AvgIpc) is 2.83. The van der Waals surface area contributed by atoms with E-state index in [1.165, 1.54) is 24.3 Å². The van der Waals surface area contributed by atoms with Crippen molar-refractivity contribution in [3.63, 3.8) is 0 Å². The Balaban J connectivity index is 1.57. The normalized spacial score (nSPS) is 13.1. The first-order valence-corrected chi connectivity index (χ1v) is 8.01. The highest BCUT2D eigenvalue weighted by Crippen LogP contribution is 2.25. The van der Waals surface area contributed by atoms with Crippen LogP contribution < -0.4 is 5.32 Å². The van der Waals surface area contributed by atoms with E-state index in [1.807, 2.05) is 0 Å². The lowest BCUT2D eigenvalue weighted by Gasteiger charge is -2.13. The van der Waals surface area contributed by atoms with Gasteiger partial charge in [-0.2, -0.15) is 0 Å². The average molecular weight is 361 g/mol. The molecule has 0 saturated heterocycles. The topological polar surface area (TPSA) is 66.5 Å². The molecular weight excluding hydrogens is 347 g/mol. The summed E-state index contributed by atoms with van der Waals surface area (Å²) in [5.41, 5.74) is 0.886. The maximum absolute atomic E-state index is 13.5. The summed E-state index contributed by atoms with van der Waals surface area (Å²) in [5, 5.41) is 2.94. The maximum Gasteiger partial charge on any atom is 0.261 e. The molecule has 0 atom stereocenters. The van der Waals surface area contributed by atoms with Crippen molar-refractivity contribution in [2.24, 2.45) is 0 Å². The number of hydrogen-bond donors (Lipinski definition) is 1. The molecule has 0 fully saturated rings. The van der Waals surface area contributed by atoms with Gasteiger partial charge >= 0.3 is 0 Å². The molecule has 0 unspecified atom stereocenters. The monoisotopic (exact) mass is 360 g/mol. The van der Waals surface area contributed by atoms with Gasteiger partial charge in [0.15, 0.2) is 0 Å². The number of carbonyl (C=O) groups is 3. The molecule has 2 aromatic carbocycles. The van der Waals surface area contributed by atoms with Gasteiger partial charge in [-0.15, -0.1) is 0 Å². The summed E-state index contributed by atoms with van der Waals surface area (Å²) in [6.45, 7) is -0.00367. The van der Waals surface area contributed by atoms with Crippen molar-refractivity contribution in [3.8, 4) is 0 Å². The van der Waals surface area contributed by atoms with Crippen LogP contribution in [0.4, 0.5) is 4.39 Å². The maximum atomic E-state index is 13.5. The van der Waals surface area contributed by atoms with E-state index >= 15 is 0 Å². The van der Waals surface area contributed by atoms with Gasteiger partial charge in [0.05, 0.1) is 11.1 Å². The van der Waals surface area contributed by atoms with E-state index in [1.54, 1.807) is 18.2 Å². The molecule has 0 aliphatic carbocycles. The number of benzene rings is 2. The van der Waals surface area contributed by atoms with Crippen molar-refractivity contribution in [1.29, 1.82) is 0 Å². The molecule has 0 radical (unpaired) electrons. The van der Waals surface area contributed by atoms with Crippen LogP contribution in [-0.2, 0) is 11.3 Å². The van der Waals surface area contributed by atoms with Crippen LogP contribution in [0.2, 0.25) is 5.02 Å². The Kier molecular flexibility index (Phi) is 4.81. The summed E-state index contributed by atoms with van der Waals surface area (Å²) < 4.78 is 13.5.